The van der Waals surface area contributed by atoms with E-state index in [0.29, 0.717) is 24.7 Å². The summed E-state index contributed by atoms with van der Waals surface area (Å²) in [5.41, 5.74) is 0. The quantitative estimate of drug-likeness (QED) is 0.834. The zero-order chi connectivity index (χ0) is 14.7. The number of aliphatic carboxylic acids is 1. The summed E-state index contributed by atoms with van der Waals surface area (Å²) in [6.45, 7) is 6.12. The molecule has 1 atom stereocenters. The maximum atomic E-state index is 12.2. The molecule has 2 N–H and O–H groups in total. The molecule has 0 radical (unpaired) electrons. The summed E-state index contributed by atoms with van der Waals surface area (Å²) in [6.07, 6.45) is 4.01. The van der Waals surface area contributed by atoms with Gasteiger partial charge in [0.1, 0.15) is 0 Å². The van der Waals surface area contributed by atoms with Crippen molar-refractivity contribution < 1.29 is 14.7 Å². The van der Waals surface area contributed by atoms with Crippen molar-refractivity contribution >= 4 is 12.0 Å². The second kappa shape index (κ2) is 6.46. The molecule has 1 aliphatic heterocycles. The van der Waals surface area contributed by atoms with Crippen molar-refractivity contribution in [2.45, 2.75) is 52.0 Å². The molecule has 2 fully saturated rings. The molecule has 1 aliphatic carbocycles. The molecule has 114 valence electrons. The third kappa shape index (κ3) is 3.64. The van der Waals surface area contributed by atoms with Crippen LogP contribution in [0, 0.1) is 17.8 Å². The number of hydrogen-bond donors (Lipinski definition) is 2. The molecular weight excluding hydrogens is 256 g/mol. The Morgan fingerprint density at radius 2 is 1.80 bits per heavy atom. The second-order valence-electron chi connectivity index (χ2n) is 6.58. The van der Waals surface area contributed by atoms with Gasteiger partial charge in [0.25, 0.3) is 0 Å². The molecule has 2 rings (SSSR count). The van der Waals surface area contributed by atoms with Gasteiger partial charge in [-0.15, -0.1) is 0 Å². The van der Waals surface area contributed by atoms with Crippen LogP contribution in [0.4, 0.5) is 4.79 Å². The normalized spacial score (nSPS) is 30.6. The fraction of sp³-hybridized carbons (Fsp3) is 0.867. The summed E-state index contributed by atoms with van der Waals surface area (Å²) < 4.78 is 0. The number of hydrogen-bond acceptors (Lipinski definition) is 2. The van der Waals surface area contributed by atoms with Crippen molar-refractivity contribution in [1.82, 2.24) is 10.2 Å². The Labute approximate surface area is 120 Å². The Morgan fingerprint density at radius 3 is 2.30 bits per heavy atom. The minimum atomic E-state index is -0.700. The first-order valence-electron chi connectivity index (χ1n) is 7.75. The summed E-state index contributed by atoms with van der Waals surface area (Å²) in [5, 5.41) is 12.0. The van der Waals surface area contributed by atoms with E-state index >= 15 is 0 Å². The molecule has 5 nitrogen and oxygen atoms in total. The molecule has 0 aromatic rings. The number of urea groups is 1. The van der Waals surface area contributed by atoms with Crippen LogP contribution in [-0.4, -0.2) is 41.1 Å². The molecule has 0 bridgehead atoms. The van der Waals surface area contributed by atoms with Crippen LogP contribution in [0.1, 0.15) is 46.0 Å². The van der Waals surface area contributed by atoms with E-state index in [-0.39, 0.29) is 18.0 Å². The standard InChI is InChI=1S/C15H26N2O3/c1-10(2)12-7-8-17(9-12)15(20)16-13-5-3-11(4-6-13)14(18)19/h10-13H,3-9H2,1-2H3,(H,16,20)(H,18,19). The van der Waals surface area contributed by atoms with E-state index < -0.39 is 5.97 Å². The highest BCUT2D eigenvalue weighted by Crippen LogP contribution is 2.26. The van der Waals surface area contributed by atoms with Crippen LogP contribution in [0.5, 0.6) is 0 Å². The number of carboxylic acid groups (broad SMARTS) is 1. The smallest absolute Gasteiger partial charge is 0.317 e. The minimum absolute atomic E-state index is 0.0342. The molecule has 1 saturated carbocycles. The van der Waals surface area contributed by atoms with E-state index in [2.05, 4.69) is 19.2 Å². The number of amides is 2. The molecule has 2 aliphatic rings. The molecule has 0 spiro atoms. The summed E-state index contributed by atoms with van der Waals surface area (Å²) in [6, 6.07) is 0.183. The Hall–Kier alpha value is -1.26. The average molecular weight is 282 g/mol. The van der Waals surface area contributed by atoms with E-state index in [1.807, 2.05) is 4.90 Å². The largest absolute Gasteiger partial charge is 0.481 e. The Kier molecular flexibility index (Phi) is 4.89. The number of rotatable bonds is 3. The molecule has 5 heteroatoms. The van der Waals surface area contributed by atoms with Crippen LogP contribution >= 0.6 is 0 Å². The van der Waals surface area contributed by atoms with Gasteiger partial charge in [0.05, 0.1) is 5.92 Å². The number of carbonyl (C=O) groups is 2. The Morgan fingerprint density at radius 1 is 1.15 bits per heavy atom. The van der Waals surface area contributed by atoms with Gasteiger partial charge in [-0.1, -0.05) is 13.8 Å². The van der Waals surface area contributed by atoms with Crippen molar-refractivity contribution in [3.63, 3.8) is 0 Å². The summed E-state index contributed by atoms with van der Waals surface area (Å²) >= 11 is 0. The number of carbonyl (C=O) groups excluding carboxylic acids is 1. The topological polar surface area (TPSA) is 69.6 Å². The molecule has 1 heterocycles. The second-order valence-corrected chi connectivity index (χ2v) is 6.58. The SMILES string of the molecule is CC(C)C1CCN(C(=O)NC2CCC(C(=O)O)CC2)C1. The highest BCUT2D eigenvalue weighted by molar-refractivity contribution is 5.75. The maximum Gasteiger partial charge on any atom is 0.317 e. The van der Waals surface area contributed by atoms with E-state index in [1.54, 1.807) is 0 Å². The van der Waals surface area contributed by atoms with Crippen molar-refractivity contribution in [3.05, 3.63) is 0 Å². The Bertz CT molecular complexity index is 362. The van der Waals surface area contributed by atoms with Gasteiger partial charge in [-0.25, -0.2) is 4.79 Å². The van der Waals surface area contributed by atoms with Gasteiger partial charge >= 0.3 is 12.0 Å². The van der Waals surface area contributed by atoms with Gasteiger partial charge < -0.3 is 15.3 Å². The average Bonchev–Trinajstić information content (AvgIpc) is 2.89. The molecule has 0 aromatic heterocycles. The van der Waals surface area contributed by atoms with Crippen molar-refractivity contribution in [2.75, 3.05) is 13.1 Å². The molecule has 2 amide bonds. The van der Waals surface area contributed by atoms with Gasteiger partial charge in [-0.05, 0) is 43.9 Å². The maximum absolute atomic E-state index is 12.2. The predicted octanol–water partition coefficient (Wildman–Crippen LogP) is 2.32. The van der Waals surface area contributed by atoms with Crippen LogP contribution in [0.25, 0.3) is 0 Å². The fourth-order valence-corrected chi connectivity index (χ4v) is 3.27. The third-order valence-electron chi connectivity index (χ3n) is 4.86. The lowest BCUT2D eigenvalue weighted by Crippen LogP contribution is -2.45. The lowest BCUT2D eigenvalue weighted by atomic mass is 9.86. The highest BCUT2D eigenvalue weighted by Gasteiger charge is 2.31. The van der Waals surface area contributed by atoms with Crippen molar-refractivity contribution in [1.29, 1.82) is 0 Å². The zero-order valence-corrected chi connectivity index (χ0v) is 12.5. The summed E-state index contributed by atoms with van der Waals surface area (Å²) in [4.78, 5) is 25.0. The first kappa shape index (κ1) is 15.1. The Balaban J connectivity index is 1.75. The fourth-order valence-electron chi connectivity index (χ4n) is 3.27. The van der Waals surface area contributed by atoms with Crippen molar-refractivity contribution in [3.8, 4) is 0 Å². The van der Waals surface area contributed by atoms with E-state index in [9.17, 15) is 9.59 Å². The van der Waals surface area contributed by atoms with Gasteiger partial charge in [0.15, 0.2) is 0 Å². The van der Waals surface area contributed by atoms with Crippen LogP contribution < -0.4 is 5.32 Å². The first-order valence-corrected chi connectivity index (χ1v) is 7.75. The van der Waals surface area contributed by atoms with Crippen LogP contribution in [-0.2, 0) is 4.79 Å². The number of likely N-dealkylation sites (tertiary alicyclic amines) is 1. The van der Waals surface area contributed by atoms with Crippen LogP contribution in [0.15, 0.2) is 0 Å². The molecule has 1 saturated heterocycles. The minimum Gasteiger partial charge on any atom is -0.481 e. The third-order valence-corrected chi connectivity index (χ3v) is 4.86. The number of nitrogens with one attached hydrogen (secondary N) is 1. The lowest BCUT2D eigenvalue weighted by molar-refractivity contribution is -0.142. The van der Waals surface area contributed by atoms with Gasteiger partial charge in [0.2, 0.25) is 0 Å². The predicted molar refractivity (Wildman–Crippen MR) is 76.4 cm³/mol. The van der Waals surface area contributed by atoms with Gasteiger partial charge in [-0.3, -0.25) is 4.79 Å². The number of nitrogens with zero attached hydrogens (tertiary/aromatic N) is 1. The molecule has 0 aromatic carbocycles. The van der Waals surface area contributed by atoms with Gasteiger partial charge in [0, 0.05) is 19.1 Å². The monoisotopic (exact) mass is 282 g/mol. The number of carboxylic acids is 1. The first-order chi connectivity index (χ1) is 9.47. The molecule has 20 heavy (non-hydrogen) atoms. The van der Waals surface area contributed by atoms with Crippen LogP contribution in [0.3, 0.4) is 0 Å². The molecule has 1 unspecified atom stereocenters. The lowest BCUT2D eigenvalue weighted by Gasteiger charge is -2.29. The van der Waals surface area contributed by atoms with E-state index in [4.69, 9.17) is 5.11 Å². The highest BCUT2D eigenvalue weighted by atomic mass is 16.4. The molecular formula is C15H26N2O3. The summed E-state index contributed by atoms with van der Waals surface area (Å²) in [7, 11) is 0. The summed E-state index contributed by atoms with van der Waals surface area (Å²) in [5.74, 6) is 0.316. The van der Waals surface area contributed by atoms with Gasteiger partial charge in [-0.2, -0.15) is 0 Å². The zero-order valence-electron chi connectivity index (χ0n) is 12.5. The van der Waals surface area contributed by atoms with Crippen molar-refractivity contribution in [2.24, 2.45) is 17.8 Å². The van der Waals surface area contributed by atoms with E-state index in [1.165, 1.54) is 0 Å². The van der Waals surface area contributed by atoms with E-state index in [0.717, 1.165) is 32.4 Å². The van der Waals surface area contributed by atoms with Crippen LogP contribution in [0.2, 0.25) is 0 Å².